The molecule has 0 N–H and O–H groups in total. The second-order valence-corrected chi connectivity index (χ2v) is 5.09. The number of carbonyl (C=O) groups is 1. The average molecular weight is 168 g/mol. The Morgan fingerprint density at radius 2 is 1.67 bits per heavy atom. The van der Waals surface area contributed by atoms with Gasteiger partial charge in [-0.15, -0.1) is 0 Å². The Morgan fingerprint density at radius 3 is 2.00 bits per heavy atom. The molecule has 0 aliphatic heterocycles. The maximum absolute atomic E-state index is 10.1. The Bertz CT molecular complexity index is 165. The number of unbranched alkanes of at least 4 members (excludes halogenated alkanes) is 1. The molecule has 70 valence electrons. The lowest BCUT2D eigenvalue weighted by Gasteiger charge is -2.04. The van der Waals surface area contributed by atoms with Crippen LogP contribution < -0.4 is 0 Å². The zero-order valence-electron chi connectivity index (χ0n) is 8.68. The molecule has 0 unspecified atom stereocenters. The lowest BCUT2D eigenvalue weighted by Crippen LogP contribution is -1.95. The van der Waals surface area contributed by atoms with Crippen LogP contribution in [-0.4, -0.2) is 6.29 Å². The maximum Gasteiger partial charge on any atom is 0.119 e. The van der Waals surface area contributed by atoms with E-state index < -0.39 is 0 Å². The fourth-order valence-corrected chi connectivity index (χ4v) is 2.46. The lowest BCUT2D eigenvalue weighted by atomic mass is 10.0. The van der Waals surface area contributed by atoms with Crippen molar-refractivity contribution in [1.82, 2.24) is 0 Å². The van der Waals surface area contributed by atoms with Crippen molar-refractivity contribution in [3.63, 3.8) is 0 Å². The Kier molecular flexibility index (Phi) is 2.33. The van der Waals surface area contributed by atoms with Gasteiger partial charge in [-0.25, -0.2) is 0 Å². The average Bonchev–Trinajstić information content (AvgIpc) is 2.32. The summed E-state index contributed by atoms with van der Waals surface area (Å²) in [6.45, 7) is 9.33. The van der Waals surface area contributed by atoms with Gasteiger partial charge < -0.3 is 4.79 Å². The van der Waals surface area contributed by atoms with Gasteiger partial charge in [0.25, 0.3) is 0 Å². The molecule has 0 aromatic heterocycles. The van der Waals surface area contributed by atoms with Crippen LogP contribution in [0.1, 0.15) is 47.0 Å². The van der Waals surface area contributed by atoms with Crippen LogP contribution in [0.4, 0.5) is 0 Å². The number of carbonyl (C=O) groups excluding carboxylic acids is 1. The molecular formula is C11H20O. The highest BCUT2D eigenvalue weighted by molar-refractivity contribution is 5.49. The Labute approximate surface area is 75.5 Å². The van der Waals surface area contributed by atoms with Gasteiger partial charge in [-0.3, -0.25) is 0 Å². The lowest BCUT2D eigenvalue weighted by molar-refractivity contribution is -0.107. The zero-order valence-corrected chi connectivity index (χ0v) is 8.68. The predicted molar refractivity (Wildman–Crippen MR) is 51.0 cm³/mol. The molecule has 1 fully saturated rings. The van der Waals surface area contributed by atoms with E-state index in [1.165, 1.54) is 6.42 Å². The van der Waals surface area contributed by atoms with Gasteiger partial charge in [0, 0.05) is 6.42 Å². The Hall–Kier alpha value is -0.330. The summed E-state index contributed by atoms with van der Waals surface area (Å²) in [7, 11) is 0. The van der Waals surface area contributed by atoms with E-state index in [2.05, 4.69) is 27.7 Å². The molecular weight excluding hydrogens is 148 g/mol. The molecule has 0 aromatic carbocycles. The molecule has 1 saturated carbocycles. The van der Waals surface area contributed by atoms with Crippen molar-refractivity contribution in [1.29, 1.82) is 0 Å². The van der Waals surface area contributed by atoms with Crippen molar-refractivity contribution in [2.45, 2.75) is 47.0 Å². The van der Waals surface area contributed by atoms with Crippen LogP contribution in [0.25, 0.3) is 0 Å². The molecule has 0 amide bonds. The number of rotatable bonds is 4. The van der Waals surface area contributed by atoms with E-state index in [9.17, 15) is 4.79 Å². The van der Waals surface area contributed by atoms with Crippen molar-refractivity contribution < 1.29 is 4.79 Å². The van der Waals surface area contributed by atoms with Crippen molar-refractivity contribution in [3.05, 3.63) is 0 Å². The molecule has 12 heavy (non-hydrogen) atoms. The summed E-state index contributed by atoms with van der Waals surface area (Å²) >= 11 is 0. The van der Waals surface area contributed by atoms with Crippen molar-refractivity contribution in [3.8, 4) is 0 Å². The van der Waals surface area contributed by atoms with Crippen LogP contribution in [0.5, 0.6) is 0 Å². The number of hydrogen-bond acceptors (Lipinski definition) is 1. The first-order chi connectivity index (χ1) is 5.44. The van der Waals surface area contributed by atoms with Crippen molar-refractivity contribution >= 4 is 6.29 Å². The van der Waals surface area contributed by atoms with Crippen molar-refractivity contribution in [2.75, 3.05) is 0 Å². The van der Waals surface area contributed by atoms with Gasteiger partial charge in [0.15, 0.2) is 0 Å². The minimum Gasteiger partial charge on any atom is -0.303 e. The highest BCUT2D eigenvalue weighted by Gasteiger charge is 2.63. The molecule has 1 aliphatic rings. The fourth-order valence-electron chi connectivity index (χ4n) is 2.46. The molecule has 1 heteroatoms. The fraction of sp³-hybridized carbons (Fsp3) is 0.909. The first kappa shape index (κ1) is 9.76. The van der Waals surface area contributed by atoms with Gasteiger partial charge in [-0.2, -0.15) is 0 Å². The molecule has 0 heterocycles. The molecule has 0 aromatic rings. The highest BCUT2D eigenvalue weighted by atomic mass is 16.1. The summed E-state index contributed by atoms with van der Waals surface area (Å²) in [6.07, 6.45) is 4.06. The summed E-state index contributed by atoms with van der Waals surface area (Å²) in [4.78, 5) is 10.1. The van der Waals surface area contributed by atoms with Crippen molar-refractivity contribution in [2.24, 2.45) is 16.7 Å². The third-order valence-corrected chi connectivity index (χ3v) is 4.13. The summed E-state index contributed by atoms with van der Waals surface area (Å²) in [5, 5.41) is 0. The van der Waals surface area contributed by atoms with Gasteiger partial charge >= 0.3 is 0 Å². The van der Waals surface area contributed by atoms with Gasteiger partial charge in [0.2, 0.25) is 0 Å². The normalized spacial score (nSPS) is 25.3. The predicted octanol–water partition coefficient (Wildman–Crippen LogP) is 3.04. The van der Waals surface area contributed by atoms with Gasteiger partial charge in [-0.05, 0) is 29.6 Å². The maximum atomic E-state index is 10.1. The summed E-state index contributed by atoms with van der Waals surface area (Å²) in [6, 6.07) is 0. The standard InChI is InChI=1S/C11H20O/c1-10(2)9(11(10,3)4)7-5-6-8-12/h8-9H,5-7H2,1-4H3. The second kappa shape index (κ2) is 2.86. The largest absolute Gasteiger partial charge is 0.303 e. The van der Waals surface area contributed by atoms with Crippen LogP contribution >= 0.6 is 0 Å². The Balaban J connectivity index is 2.33. The minimum atomic E-state index is 0.496. The van der Waals surface area contributed by atoms with E-state index in [4.69, 9.17) is 0 Å². The van der Waals surface area contributed by atoms with E-state index in [-0.39, 0.29) is 0 Å². The topological polar surface area (TPSA) is 17.1 Å². The van der Waals surface area contributed by atoms with Gasteiger partial charge in [0.05, 0.1) is 0 Å². The zero-order chi connectivity index (χ0) is 9.41. The van der Waals surface area contributed by atoms with Crippen LogP contribution in [0.3, 0.4) is 0 Å². The van der Waals surface area contributed by atoms with E-state index >= 15 is 0 Å². The molecule has 1 aliphatic carbocycles. The molecule has 0 atom stereocenters. The van der Waals surface area contributed by atoms with Gasteiger partial charge in [-0.1, -0.05) is 27.7 Å². The van der Waals surface area contributed by atoms with Crippen LogP contribution in [-0.2, 0) is 4.79 Å². The molecule has 0 radical (unpaired) electrons. The van der Waals surface area contributed by atoms with E-state index in [1.807, 2.05) is 0 Å². The third kappa shape index (κ3) is 1.30. The summed E-state index contributed by atoms with van der Waals surface area (Å²) in [5.74, 6) is 0.824. The summed E-state index contributed by atoms with van der Waals surface area (Å²) < 4.78 is 0. The summed E-state index contributed by atoms with van der Waals surface area (Å²) in [5.41, 5.74) is 0.992. The third-order valence-electron chi connectivity index (χ3n) is 4.13. The van der Waals surface area contributed by atoms with Crippen LogP contribution in [0, 0.1) is 16.7 Å². The quantitative estimate of drug-likeness (QED) is 0.466. The molecule has 0 bridgehead atoms. The van der Waals surface area contributed by atoms with Gasteiger partial charge in [0.1, 0.15) is 6.29 Å². The molecule has 0 saturated heterocycles. The van der Waals surface area contributed by atoms with E-state index in [0.29, 0.717) is 10.8 Å². The van der Waals surface area contributed by atoms with Crippen LogP contribution in [0.2, 0.25) is 0 Å². The van der Waals surface area contributed by atoms with E-state index in [1.54, 1.807) is 0 Å². The molecule has 1 rings (SSSR count). The monoisotopic (exact) mass is 168 g/mol. The smallest absolute Gasteiger partial charge is 0.119 e. The number of aldehydes is 1. The highest BCUT2D eigenvalue weighted by Crippen LogP contribution is 2.70. The first-order valence-corrected chi connectivity index (χ1v) is 4.88. The Morgan fingerprint density at radius 1 is 1.17 bits per heavy atom. The SMILES string of the molecule is CC1(C)C(CCCC=O)C1(C)C. The first-order valence-electron chi connectivity index (χ1n) is 4.88. The molecule has 1 nitrogen and oxygen atoms in total. The van der Waals surface area contributed by atoms with Crippen LogP contribution in [0.15, 0.2) is 0 Å². The van der Waals surface area contributed by atoms with E-state index in [0.717, 1.165) is 25.0 Å². The minimum absolute atomic E-state index is 0.496. The molecule has 0 spiro atoms. The number of hydrogen-bond donors (Lipinski definition) is 0. The second-order valence-electron chi connectivity index (χ2n) is 5.09.